The van der Waals surface area contributed by atoms with E-state index < -0.39 is 0 Å². The van der Waals surface area contributed by atoms with Crippen molar-refractivity contribution in [2.24, 2.45) is 5.73 Å². The number of halogens is 1. The van der Waals surface area contributed by atoms with Crippen LogP contribution in [0.25, 0.3) is 0 Å². The highest BCUT2D eigenvalue weighted by atomic mass is 35.5. The largest absolute Gasteiger partial charge is 0.339 e. The number of rotatable bonds is 5. The predicted molar refractivity (Wildman–Crippen MR) is 78.6 cm³/mol. The van der Waals surface area contributed by atoms with Crippen LogP contribution in [0.1, 0.15) is 24.2 Å². The van der Waals surface area contributed by atoms with Gasteiger partial charge in [-0.2, -0.15) is 0 Å². The third-order valence-corrected chi connectivity index (χ3v) is 2.63. The normalized spacial score (nSPS) is 9.42. The van der Waals surface area contributed by atoms with Gasteiger partial charge in [-0.15, -0.1) is 12.4 Å². The van der Waals surface area contributed by atoms with Crippen LogP contribution in [0.5, 0.6) is 0 Å². The van der Waals surface area contributed by atoms with E-state index in [1.165, 1.54) is 0 Å². The molecule has 0 unspecified atom stereocenters. The number of nitrogens with one attached hydrogen (secondary N) is 1. The predicted octanol–water partition coefficient (Wildman–Crippen LogP) is 1.49. The molecular formula is C13H20ClN3O2. The van der Waals surface area contributed by atoms with E-state index in [1.807, 2.05) is 13.8 Å². The van der Waals surface area contributed by atoms with Gasteiger partial charge in [-0.25, -0.2) is 0 Å². The van der Waals surface area contributed by atoms with E-state index in [0.717, 1.165) is 0 Å². The highest BCUT2D eigenvalue weighted by Gasteiger charge is 2.12. The van der Waals surface area contributed by atoms with Crippen molar-refractivity contribution in [2.75, 3.05) is 25.0 Å². The topological polar surface area (TPSA) is 75.4 Å². The third-order valence-electron chi connectivity index (χ3n) is 2.63. The molecule has 0 aromatic heterocycles. The fourth-order valence-corrected chi connectivity index (χ4v) is 1.64. The van der Waals surface area contributed by atoms with Gasteiger partial charge in [0, 0.05) is 24.3 Å². The molecule has 0 saturated carbocycles. The summed E-state index contributed by atoms with van der Waals surface area (Å²) in [5, 5.41) is 2.63. The number of amides is 2. The maximum Gasteiger partial charge on any atom is 0.253 e. The Bertz CT molecular complexity index is 434. The first-order valence-electron chi connectivity index (χ1n) is 6.01. The van der Waals surface area contributed by atoms with Crippen molar-refractivity contribution in [2.45, 2.75) is 13.8 Å². The summed E-state index contributed by atoms with van der Waals surface area (Å²) in [6.07, 6.45) is 0. The number of anilines is 1. The first kappa shape index (κ1) is 17.4. The van der Waals surface area contributed by atoms with Gasteiger partial charge >= 0.3 is 0 Å². The Kier molecular flexibility index (Phi) is 7.79. The zero-order valence-corrected chi connectivity index (χ0v) is 12.0. The van der Waals surface area contributed by atoms with E-state index in [9.17, 15) is 9.59 Å². The Labute approximate surface area is 119 Å². The minimum atomic E-state index is -0.276. The quantitative estimate of drug-likeness (QED) is 0.860. The Balaban J connectivity index is 0.00000324. The lowest BCUT2D eigenvalue weighted by molar-refractivity contribution is -0.114. The molecular weight excluding hydrogens is 266 g/mol. The van der Waals surface area contributed by atoms with Crippen molar-refractivity contribution < 1.29 is 9.59 Å². The third kappa shape index (κ3) is 4.89. The molecule has 0 aliphatic carbocycles. The summed E-state index contributed by atoms with van der Waals surface area (Å²) >= 11 is 0. The van der Waals surface area contributed by atoms with Crippen LogP contribution >= 0.6 is 12.4 Å². The molecule has 0 bridgehead atoms. The number of hydrogen-bond donors (Lipinski definition) is 2. The first-order valence-corrected chi connectivity index (χ1v) is 6.01. The summed E-state index contributed by atoms with van der Waals surface area (Å²) in [5.41, 5.74) is 6.37. The average molecular weight is 286 g/mol. The van der Waals surface area contributed by atoms with Crippen LogP contribution in [-0.2, 0) is 4.79 Å². The van der Waals surface area contributed by atoms with Crippen molar-refractivity contribution in [3.8, 4) is 0 Å². The van der Waals surface area contributed by atoms with Crippen molar-refractivity contribution in [3.63, 3.8) is 0 Å². The van der Waals surface area contributed by atoms with Crippen LogP contribution < -0.4 is 11.1 Å². The van der Waals surface area contributed by atoms with E-state index in [2.05, 4.69) is 5.32 Å². The smallest absolute Gasteiger partial charge is 0.253 e. The maximum absolute atomic E-state index is 12.1. The Morgan fingerprint density at radius 2 is 1.89 bits per heavy atom. The summed E-state index contributed by atoms with van der Waals surface area (Å²) in [6.45, 7) is 5.11. The molecule has 5 nitrogen and oxygen atoms in total. The van der Waals surface area contributed by atoms with Gasteiger partial charge in [0.1, 0.15) is 0 Å². The number of carbonyl (C=O) groups excluding carboxylic acids is 2. The zero-order chi connectivity index (χ0) is 13.5. The van der Waals surface area contributed by atoms with E-state index >= 15 is 0 Å². The van der Waals surface area contributed by atoms with Crippen LogP contribution in [0.15, 0.2) is 24.3 Å². The van der Waals surface area contributed by atoms with Crippen molar-refractivity contribution in [1.29, 1.82) is 0 Å². The molecule has 0 aliphatic heterocycles. The summed E-state index contributed by atoms with van der Waals surface area (Å²) in [6, 6.07) is 6.86. The number of benzene rings is 1. The fraction of sp³-hybridized carbons (Fsp3) is 0.385. The molecule has 0 atom stereocenters. The number of nitrogens with zero attached hydrogens (tertiary/aromatic N) is 1. The number of nitrogens with two attached hydrogens (primary N) is 1. The molecule has 0 radical (unpaired) electrons. The molecule has 0 heterocycles. The lowest BCUT2D eigenvalue weighted by Crippen LogP contribution is -2.30. The highest BCUT2D eigenvalue weighted by molar-refractivity contribution is 5.97. The molecule has 2 amide bonds. The zero-order valence-electron chi connectivity index (χ0n) is 11.2. The lowest BCUT2D eigenvalue weighted by Gasteiger charge is -2.18. The van der Waals surface area contributed by atoms with Crippen molar-refractivity contribution in [1.82, 2.24) is 4.90 Å². The maximum atomic E-state index is 12.1. The minimum absolute atomic E-state index is 0. The molecule has 3 N–H and O–H groups in total. The standard InChI is InChI=1S/C13H19N3O2.ClH/c1-3-16(4-2)13(18)10-6-5-7-11(8-10)15-12(17)9-14;/h5-8H,3-4,9,14H2,1-2H3,(H,15,17);1H. The van der Waals surface area contributed by atoms with Crippen LogP contribution in [0.2, 0.25) is 0 Å². The van der Waals surface area contributed by atoms with Gasteiger partial charge in [0.25, 0.3) is 5.91 Å². The molecule has 1 rings (SSSR count). The second-order valence-electron chi connectivity index (χ2n) is 3.81. The van der Waals surface area contributed by atoms with Gasteiger partial charge in [0.15, 0.2) is 0 Å². The fourth-order valence-electron chi connectivity index (χ4n) is 1.64. The molecule has 19 heavy (non-hydrogen) atoms. The van der Waals surface area contributed by atoms with Gasteiger partial charge in [0.2, 0.25) is 5.91 Å². The Morgan fingerprint density at radius 1 is 1.26 bits per heavy atom. The summed E-state index contributed by atoms with van der Waals surface area (Å²) in [5.74, 6) is -0.314. The van der Waals surface area contributed by atoms with Crippen molar-refractivity contribution >= 4 is 29.9 Å². The molecule has 0 aliphatic rings. The second kappa shape index (κ2) is 8.50. The van der Waals surface area contributed by atoms with Crippen molar-refractivity contribution in [3.05, 3.63) is 29.8 Å². The molecule has 0 spiro atoms. The molecule has 6 heteroatoms. The first-order chi connectivity index (χ1) is 8.62. The van der Waals surface area contributed by atoms with Gasteiger partial charge in [0.05, 0.1) is 6.54 Å². The number of hydrogen-bond acceptors (Lipinski definition) is 3. The minimum Gasteiger partial charge on any atom is -0.339 e. The summed E-state index contributed by atoms with van der Waals surface area (Å²) in [7, 11) is 0. The van der Waals surface area contributed by atoms with Gasteiger partial charge in [-0.3, -0.25) is 9.59 Å². The van der Waals surface area contributed by atoms with Crippen LogP contribution in [0.3, 0.4) is 0 Å². The van der Waals surface area contributed by atoms with Crippen LogP contribution in [0.4, 0.5) is 5.69 Å². The van der Waals surface area contributed by atoms with Crippen LogP contribution in [0, 0.1) is 0 Å². The molecule has 1 aromatic rings. The van der Waals surface area contributed by atoms with Gasteiger partial charge in [-0.1, -0.05) is 6.07 Å². The molecule has 106 valence electrons. The van der Waals surface area contributed by atoms with E-state index in [1.54, 1.807) is 29.2 Å². The SMILES string of the molecule is CCN(CC)C(=O)c1cccc(NC(=O)CN)c1.Cl. The lowest BCUT2D eigenvalue weighted by atomic mass is 10.1. The number of carbonyl (C=O) groups is 2. The average Bonchev–Trinajstić information content (AvgIpc) is 2.40. The Hall–Kier alpha value is -1.59. The summed E-state index contributed by atoms with van der Waals surface area (Å²) in [4.78, 5) is 25.0. The molecule has 0 saturated heterocycles. The van der Waals surface area contributed by atoms with E-state index in [0.29, 0.717) is 24.3 Å². The molecule has 1 aromatic carbocycles. The Morgan fingerprint density at radius 3 is 2.42 bits per heavy atom. The van der Waals surface area contributed by atoms with Crippen LogP contribution in [-0.4, -0.2) is 36.3 Å². The van der Waals surface area contributed by atoms with Gasteiger partial charge in [-0.05, 0) is 32.0 Å². The van der Waals surface area contributed by atoms with E-state index in [4.69, 9.17) is 5.73 Å². The van der Waals surface area contributed by atoms with Gasteiger partial charge < -0.3 is 16.0 Å². The van der Waals surface area contributed by atoms with E-state index in [-0.39, 0.29) is 30.8 Å². The second-order valence-corrected chi connectivity index (χ2v) is 3.81. The summed E-state index contributed by atoms with van der Waals surface area (Å²) < 4.78 is 0. The highest BCUT2D eigenvalue weighted by Crippen LogP contribution is 2.12. The monoisotopic (exact) mass is 285 g/mol. The molecule has 0 fully saturated rings.